The van der Waals surface area contributed by atoms with Gasteiger partial charge in [0, 0.05) is 43.7 Å². The third kappa shape index (κ3) is 2.88. The van der Waals surface area contributed by atoms with E-state index in [1.807, 2.05) is 31.2 Å². The Labute approximate surface area is 113 Å². The SMILES string of the molecule is CCC1(CC)CSC(=NCCc2nccn2C)N1. The Kier molecular flexibility index (Phi) is 4.32. The van der Waals surface area contributed by atoms with Crippen molar-refractivity contribution in [1.29, 1.82) is 0 Å². The summed E-state index contributed by atoms with van der Waals surface area (Å²) in [4.78, 5) is 8.95. The van der Waals surface area contributed by atoms with E-state index in [1.54, 1.807) is 0 Å². The molecule has 0 unspecified atom stereocenters. The van der Waals surface area contributed by atoms with Crippen LogP contribution in [0.5, 0.6) is 0 Å². The molecule has 18 heavy (non-hydrogen) atoms. The second-order valence-electron chi connectivity index (χ2n) is 4.79. The van der Waals surface area contributed by atoms with Crippen LogP contribution in [0, 0.1) is 0 Å². The van der Waals surface area contributed by atoms with Crippen LogP contribution in [0.1, 0.15) is 32.5 Å². The van der Waals surface area contributed by atoms with E-state index in [2.05, 4.69) is 33.7 Å². The van der Waals surface area contributed by atoms with Gasteiger partial charge >= 0.3 is 0 Å². The van der Waals surface area contributed by atoms with E-state index in [0.29, 0.717) is 0 Å². The van der Waals surface area contributed by atoms with Crippen molar-refractivity contribution in [3.05, 3.63) is 18.2 Å². The topological polar surface area (TPSA) is 42.2 Å². The molecule has 0 radical (unpaired) electrons. The average Bonchev–Trinajstić information content (AvgIpc) is 2.98. The fraction of sp³-hybridized carbons (Fsp3) is 0.692. The van der Waals surface area contributed by atoms with Gasteiger partial charge in [0.05, 0.1) is 0 Å². The van der Waals surface area contributed by atoms with Gasteiger partial charge in [-0.05, 0) is 12.8 Å². The number of amidine groups is 1. The molecule has 1 aromatic rings. The number of aromatic nitrogens is 2. The number of rotatable bonds is 5. The standard InChI is InChI=1S/C13H22N4S/c1-4-13(5-2)10-18-12(16-13)15-7-6-11-14-8-9-17(11)3/h8-9H,4-7,10H2,1-3H3,(H,15,16). The predicted molar refractivity (Wildman–Crippen MR) is 78.1 cm³/mol. The highest BCUT2D eigenvalue weighted by molar-refractivity contribution is 8.14. The first-order valence-electron chi connectivity index (χ1n) is 6.61. The summed E-state index contributed by atoms with van der Waals surface area (Å²) in [5, 5.41) is 4.69. The zero-order valence-electron chi connectivity index (χ0n) is 11.4. The molecule has 1 saturated heterocycles. The summed E-state index contributed by atoms with van der Waals surface area (Å²) in [5.74, 6) is 2.24. The fourth-order valence-corrected chi connectivity index (χ4v) is 3.48. The van der Waals surface area contributed by atoms with Gasteiger partial charge in [0.15, 0.2) is 5.17 Å². The van der Waals surface area contributed by atoms with Crippen LogP contribution in [-0.4, -0.2) is 32.6 Å². The minimum Gasteiger partial charge on any atom is -0.359 e. The lowest BCUT2D eigenvalue weighted by molar-refractivity contribution is 0.407. The third-order valence-corrected chi connectivity index (χ3v) is 4.92. The number of thioether (sulfide) groups is 1. The second kappa shape index (κ2) is 5.78. The van der Waals surface area contributed by atoms with Crippen LogP contribution in [0.4, 0.5) is 0 Å². The van der Waals surface area contributed by atoms with Crippen LogP contribution >= 0.6 is 11.8 Å². The van der Waals surface area contributed by atoms with E-state index in [1.165, 1.54) is 0 Å². The molecule has 0 bridgehead atoms. The first kappa shape index (κ1) is 13.5. The number of hydrogen-bond donors (Lipinski definition) is 1. The van der Waals surface area contributed by atoms with Gasteiger partial charge in [0.25, 0.3) is 0 Å². The molecule has 1 aliphatic rings. The lowest BCUT2D eigenvalue weighted by Crippen LogP contribution is -2.42. The highest BCUT2D eigenvalue weighted by atomic mass is 32.2. The van der Waals surface area contributed by atoms with Gasteiger partial charge in [-0.1, -0.05) is 25.6 Å². The summed E-state index contributed by atoms with van der Waals surface area (Å²) < 4.78 is 2.05. The molecule has 0 spiro atoms. The molecule has 2 rings (SSSR count). The summed E-state index contributed by atoms with van der Waals surface area (Å²) in [7, 11) is 2.03. The van der Waals surface area contributed by atoms with E-state index in [0.717, 1.165) is 42.6 Å². The predicted octanol–water partition coefficient (Wildman–Crippen LogP) is 2.21. The Hall–Kier alpha value is -0.970. The molecule has 2 heterocycles. The zero-order chi connectivity index (χ0) is 13.0. The Bertz CT molecular complexity index is 420. The molecule has 100 valence electrons. The highest BCUT2D eigenvalue weighted by Crippen LogP contribution is 2.28. The molecule has 4 nitrogen and oxygen atoms in total. The van der Waals surface area contributed by atoms with Gasteiger partial charge in [-0.2, -0.15) is 0 Å². The van der Waals surface area contributed by atoms with Crippen molar-refractivity contribution < 1.29 is 0 Å². The zero-order valence-corrected chi connectivity index (χ0v) is 12.3. The van der Waals surface area contributed by atoms with Gasteiger partial charge in [0.2, 0.25) is 0 Å². The first-order chi connectivity index (χ1) is 8.69. The maximum absolute atomic E-state index is 4.65. The molecular weight excluding hydrogens is 244 g/mol. The molecule has 0 amide bonds. The van der Waals surface area contributed by atoms with Crippen molar-refractivity contribution in [2.45, 2.75) is 38.6 Å². The van der Waals surface area contributed by atoms with Crippen LogP contribution in [0.3, 0.4) is 0 Å². The molecular formula is C13H22N4S. The molecule has 1 aliphatic heterocycles. The third-order valence-electron chi connectivity index (χ3n) is 3.72. The number of hydrogen-bond acceptors (Lipinski definition) is 3. The first-order valence-corrected chi connectivity index (χ1v) is 7.59. The highest BCUT2D eigenvalue weighted by Gasteiger charge is 2.33. The minimum absolute atomic E-state index is 0.271. The summed E-state index contributed by atoms with van der Waals surface area (Å²) in [6, 6.07) is 0. The number of imidazole rings is 1. The van der Waals surface area contributed by atoms with E-state index >= 15 is 0 Å². The van der Waals surface area contributed by atoms with E-state index in [9.17, 15) is 0 Å². The van der Waals surface area contributed by atoms with Gasteiger partial charge in [-0.3, -0.25) is 4.99 Å². The number of aryl methyl sites for hydroxylation is 1. The van der Waals surface area contributed by atoms with Crippen LogP contribution in [0.15, 0.2) is 17.4 Å². The van der Waals surface area contributed by atoms with Crippen LogP contribution in [0.2, 0.25) is 0 Å². The Balaban J connectivity index is 1.87. The molecule has 0 aliphatic carbocycles. The maximum atomic E-state index is 4.65. The molecule has 1 fully saturated rings. The van der Waals surface area contributed by atoms with Crippen molar-refractivity contribution in [3.63, 3.8) is 0 Å². The summed E-state index contributed by atoms with van der Waals surface area (Å²) in [6.07, 6.45) is 7.04. The number of nitrogens with zero attached hydrogens (tertiary/aromatic N) is 3. The molecule has 1 aromatic heterocycles. The van der Waals surface area contributed by atoms with Crippen LogP contribution in [-0.2, 0) is 13.5 Å². The summed E-state index contributed by atoms with van der Waals surface area (Å²) in [5.41, 5.74) is 0.271. The van der Waals surface area contributed by atoms with Gasteiger partial charge in [-0.25, -0.2) is 4.98 Å². The number of nitrogens with one attached hydrogen (secondary N) is 1. The Morgan fingerprint density at radius 1 is 1.50 bits per heavy atom. The quantitative estimate of drug-likeness (QED) is 0.888. The lowest BCUT2D eigenvalue weighted by atomic mass is 9.96. The monoisotopic (exact) mass is 266 g/mol. The van der Waals surface area contributed by atoms with E-state index < -0.39 is 0 Å². The van der Waals surface area contributed by atoms with Crippen LogP contribution < -0.4 is 5.32 Å². The fourth-order valence-electron chi connectivity index (χ4n) is 2.12. The lowest BCUT2D eigenvalue weighted by Gasteiger charge is -2.25. The minimum atomic E-state index is 0.271. The Morgan fingerprint density at radius 2 is 2.28 bits per heavy atom. The number of aliphatic imine (C=N–C) groups is 1. The second-order valence-corrected chi connectivity index (χ2v) is 5.76. The van der Waals surface area contributed by atoms with Crippen molar-refractivity contribution in [3.8, 4) is 0 Å². The summed E-state index contributed by atoms with van der Waals surface area (Å²) in [6.45, 7) is 5.30. The van der Waals surface area contributed by atoms with E-state index in [4.69, 9.17) is 0 Å². The van der Waals surface area contributed by atoms with Crippen LogP contribution in [0.25, 0.3) is 0 Å². The van der Waals surface area contributed by atoms with Crippen molar-refractivity contribution in [2.24, 2.45) is 12.0 Å². The molecule has 0 aromatic carbocycles. The molecule has 0 saturated carbocycles. The van der Waals surface area contributed by atoms with Crippen molar-refractivity contribution in [1.82, 2.24) is 14.9 Å². The van der Waals surface area contributed by atoms with Gasteiger partial charge in [0.1, 0.15) is 5.82 Å². The van der Waals surface area contributed by atoms with Crippen molar-refractivity contribution in [2.75, 3.05) is 12.3 Å². The smallest absolute Gasteiger partial charge is 0.157 e. The van der Waals surface area contributed by atoms with Gasteiger partial charge in [-0.15, -0.1) is 0 Å². The van der Waals surface area contributed by atoms with Gasteiger partial charge < -0.3 is 9.88 Å². The average molecular weight is 266 g/mol. The maximum Gasteiger partial charge on any atom is 0.157 e. The molecule has 0 atom stereocenters. The van der Waals surface area contributed by atoms with E-state index in [-0.39, 0.29) is 5.54 Å². The molecule has 5 heteroatoms. The normalized spacial score (nSPS) is 20.3. The largest absolute Gasteiger partial charge is 0.359 e. The van der Waals surface area contributed by atoms with Crippen molar-refractivity contribution >= 4 is 16.9 Å². The molecule has 1 N–H and O–H groups in total. The Morgan fingerprint density at radius 3 is 2.83 bits per heavy atom. The summed E-state index contributed by atoms with van der Waals surface area (Å²) >= 11 is 1.85.